The number of carbonyl (C=O) groups is 2. The van der Waals surface area contributed by atoms with Crippen molar-refractivity contribution in [3.63, 3.8) is 0 Å². The lowest BCUT2D eigenvalue weighted by molar-refractivity contribution is -0.139. The third kappa shape index (κ3) is 4.68. The van der Waals surface area contributed by atoms with Crippen LogP contribution < -0.4 is 10.1 Å². The van der Waals surface area contributed by atoms with E-state index in [1.807, 2.05) is 44.3 Å². The summed E-state index contributed by atoms with van der Waals surface area (Å²) in [4.78, 5) is 31.3. The van der Waals surface area contributed by atoms with Crippen LogP contribution in [0.15, 0.2) is 60.4 Å². The summed E-state index contributed by atoms with van der Waals surface area (Å²) in [5, 5.41) is 3.73. The molecule has 2 heterocycles. The lowest BCUT2D eigenvalue weighted by atomic mass is 10.1. The molecular formula is C25H27N3O4. The van der Waals surface area contributed by atoms with Crippen molar-refractivity contribution in [1.29, 1.82) is 0 Å². The Kier molecular flexibility index (Phi) is 6.28. The summed E-state index contributed by atoms with van der Waals surface area (Å²) >= 11 is 0. The molecule has 0 bridgehead atoms. The SMILES string of the molecule is COc1ccc2[nH]cc(/C=C(/NC(=O)c3ccccc3)C(=O)N3C[C@@H](C)O[C@@H](C)C3)c2c1. The average Bonchev–Trinajstić information content (AvgIpc) is 3.19. The van der Waals surface area contributed by atoms with Gasteiger partial charge in [-0.2, -0.15) is 0 Å². The highest BCUT2D eigenvalue weighted by atomic mass is 16.5. The maximum absolute atomic E-state index is 13.5. The molecule has 0 unspecified atom stereocenters. The molecule has 7 heteroatoms. The van der Waals surface area contributed by atoms with E-state index in [1.165, 1.54) is 0 Å². The number of H-pyrrole nitrogens is 1. The fourth-order valence-corrected chi connectivity index (χ4v) is 3.97. The van der Waals surface area contributed by atoms with Crippen LogP contribution in [0, 0.1) is 0 Å². The van der Waals surface area contributed by atoms with Gasteiger partial charge in [-0.1, -0.05) is 18.2 Å². The highest BCUT2D eigenvalue weighted by Crippen LogP contribution is 2.25. The number of amides is 2. The van der Waals surface area contributed by atoms with E-state index in [-0.39, 0.29) is 29.7 Å². The molecule has 1 aromatic heterocycles. The van der Waals surface area contributed by atoms with Gasteiger partial charge in [-0.25, -0.2) is 0 Å². The van der Waals surface area contributed by atoms with Gasteiger partial charge in [0, 0.05) is 41.3 Å². The van der Waals surface area contributed by atoms with E-state index in [2.05, 4.69) is 10.3 Å². The quantitative estimate of drug-likeness (QED) is 0.603. The molecule has 2 atom stereocenters. The normalized spacial score (nSPS) is 19.1. The molecule has 32 heavy (non-hydrogen) atoms. The molecule has 4 rings (SSSR count). The summed E-state index contributed by atoms with van der Waals surface area (Å²) in [5.41, 5.74) is 2.39. The molecule has 166 valence electrons. The third-order valence-corrected chi connectivity index (χ3v) is 5.44. The van der Waals surface area contributed by atoms with Gasteiger partial charge >= 0.3 is 0 Å². The number of aromatic nitrogens is 1. The third-order valence-electron chi connectivity index (χ3n) is 5.44. The van der Waals surface area contributed by atoms with Crippen LogP contribution in [0.4, 0.5) is 0 Å². The summed E-state index contributed by atoms with van der Waals surface area (Å²) in [6.45, 7) is 4.80. The predicted octanol–water partition coefficient (Wildman–Crippen LogP) is 3.58. The van der Waals surface area contributed by atoms with Gasteiger partial charge in [-0.3, -0.25) is 9.59 Å². The molecule has 2 N–H and O–H groups in total. The fourth-order valence-electron chi connectivity index (χ4n) is 3.97. The Balaban J connectivity index is 1.71. The van der Waals surface area contributed by atoms with Crippen LogP contribution in [-0.4, -0.2) is 54.1 Å². The Morgan fingerprint density at radius 2 is 1.84 bits per heavy atom. The Hall–Kier alpha value is -3.58. The van der Waals surface area contributed by atoms with Crippen LogP contribution in [0.25, 0.3) is 17.0 Å². The first-order valence-corrected chi connectivity index (χ1v) is 10.6. The number of morpholine rings is 1. The van der Waals surface area contributed by atoms with Crippen molar-refractivity contribution in [2.24, 2.45) is 0 Å². The van der Waals surface area contributed by atoms with Crippen LogP contribution >= 0.6 is 0 Å². The molecule has 1 aliphatic heterocycles. The van der Waals surface area contributed by atoms with Gasteiger partial charge in [0.1, 0.15) is 11.4 Å². The van der Waals surface area contributed by atoms with E-state index in [0.29, 0.717) is 24.4 Å². The van der Waals surface area contributed by atoms with Crippen molar-refractivity contribution in [3.8, 4) is 5.75 Å². The number of aromatic amines is 1. The van der Waals surface area contributed by atoms with Crippen LogP contribution in [0.1, 0.15) is 29.8 Å². The number of nitrogens with one attached hydrogen (secondary N) is 2. The average molecular weight is 434 g/mol. The standard InChI is InChI=1S/C25H27N3O4/c1-16-14-28(15-17(2)32-16)25(30)23(27-24(29)18-7-5-4-6-8-18)11-19-13-26-22-10-9-20(31-3)12-21(19)22/h4-13,16-17,26H,14-15H2,1-3H3,(H,27,29)/b23-11+/t16-,17+. The Morgan fingerprint density at radius 1 is 1.12 bits per heavy atom. The van der Waals surface area contributed by atoms with Gasteiger partial charge in [0.25, 0.3) is 11.8 Å². The molecule has 7 nitrogen and oxygen atoms in total. The summed E-state index contributed by atoms with van der Waals surface area (Å²) in [5.74, 6) is 0.134. The predicted molar refractivity (Wildman–Crippen MR) is 123 cm³/mol. The number of ether oxygens (including phenoxy) is 2. The van der Waals surface area contributed by atoms with E-state index < -0.39 is 0 Å². The van der Waals surface area contributed by atoms with Gasteiger partial charge in [0.15, 0.2) is 0 Å². The van der Waals surface area contributed by atoms with Crippen molar-refractivity contribution < 1.29 is 19.1 Å². The summed E-state index contributed by atoms with van der Waals surface area (Å²) in [7, 11) is 1.61. The van der Waals surface area contributed by atoms with E-state index in [0.717, 1.165) is 16.5 Å². The largest absolute Gasteiger partial charge is 0.497 e. The molecule has 3 aromatic rings. The number of rotatable bonds is 5. The maximum atomic E-state index is 13.5. The van der Waals surface area contributed by atoms with E-state index in [1.54, 1.807) is 42.4 Å². The van der Waals surface area contributed by atoms with Gasteiger partial charge < -0.3 is 24.7 Å². The fraction of sp³-hybridized carbons (Fsp3) is 0.280. The monoisotopic (exact) mass is 433 g/mol. The smallest absolute Gasteiger partial charge is 0.270 e. The van der Waals surface area contributed by atoms with Crippen molar-refractivity contribution in [2.45, 2.75) is 26.1 Å². The molecule has 1 aliphatic rings. The minimum atomic E-state index is -0.336. The first-order valence-electron chi connectivity index (χ1n) is 10.6. The molecule has 0 saturated carbocycles. The number of carbonyl (C=O) groups excluding carboxylic acids is 2. The van der Waals surface area contributed by atoms with Gasteiger partial charge in [0.05, 0.1) is 19.3 Å². The summed E-state index contributed by atoms with van der Waals surface area (Å²) < 4.78 is 11.1. The van der Waals surface area contributed by atoms with Crippen molar-refractivity contribution >= 4 is 28.8 Å². The van der Waals surface area contributed by atoms with Crippen molar-refractivity contribution in [2.75, 3.05) is 20.2 Å². The van der Waals surface area contributed by atoms with Crippen LogP contribution in [0.2, 0.25) is 0 Å². The molecule has 0 aliphatic carbocycles. The zero-order valence-corrected chi connectivity index (χ0v) is 18.4. The van der Waals surface area contributed by atoms with Crippen LogP contribution in [0.3, 0.4) is 0 Å². The Labute approximate surface area is 187 Å². The summed E-state index contributed by atoms with van der Waals surface area (Å²) in [6, 6.07) is 14.5. The molecule has 0 spiro atoms. The second-order valence-electron chi connectivity index (χ2n) is 8.00. The number of hydrogen-bond donors (Lipinski definition) is 2. The molecule has 2 aromatic carbocycles. The molecule has 0 radical (unpaired) electrons. The topological polar surface area (TPSA) is 83.7 Å². The Morgan fingerprint density at radius 3 is 2.53 bits per heavy atom. The van der Waals surface area contributed by atoms with E-state index in [4.69, 9.17) is 9.47 Å². The molecular weight excluding hydrogens is 406 g/mol. The maximum Gasteiger partial charge on any atom is 0.270 e. The van der Waals surface area contributed by atoms with Crippen molar-refractivity contribution in [3.05, 3.63) is 71.6 Å². The number of methoxy groups -OCH3 is 1. The Bertz CT molecular complexity index is 1140. The second-order valence-corrected chi connectivity index (χ2v) is 8.00. The second kappa shape index (κ2) is 9.28. The first-order chi connectivity index (χ1) is 15.4. The molecule has 1 fully saturated rings. The number of fused-ring (bicyclic) bond motifs is 1. The highest BCUT2D eigenvalue weighted by molar-refractivity contribution is 6.06. The lowest BCUT2D eigenvalue weighted by Crippen LogP contribution is -2.50. The molecule has 1 saturated heterocycles. The minimum absolute atomic E-state index is 0.0777. The number of benzene rings is 2. The highest BCUT2D eigenvalue weighted by Gasteiger charge is 2.29. The zero-order chi connectivity index (χ0) is 22.7. The van der Waals surface area contributed by atoms with Gasteiger partial charge in [-0.05, 0) is 50.3 Å². The number of hydrogen-bond acceptors (Lipinski definition) is 4. The van der Waals surface area contributed by atoms with Gasteiger partial charge in [-0.15, -0.1) is 0 Å². The number of nitrogens with zero attached hydrogens (tertiary/aromatic N) is 1. The molecule has 2 amide bonds. The van der Waals surface area contributed by atoms with E-state index in [9.17, 15) is 9.59 Å². The summed E-state index contributed by atoms with van der Waals surface area (Å²) in [6.07, 6.45) is 3.38. The minimum Gasteiger partial charge on any atom is -0.497 e. The zero-order valence-electron chi connectivity index (χ0n) is 18.4. The lowest BCUT2D eigenvalue weighted by Gasteiger charge is -2.35. The van der Waals surface area contributed by atoms with Crippen LogP contribution in [-0.2, 0) is 9.53 Å². The first kappa shape index (κ1) is 21.6. The van der Waals surface area contributed by atoms with Crippen LogP contribution in [0.5, 0.6) is 5.75 Å². The van der Waals surface area contributed by atoms with Gasteiger partial charge in [0.2, 0.25) is 0 Å². The van der Waals surface area contributed by atoms with Crippen molar-refractivity contribution in [1.82, 2.24) is 15.2 Å². The van der Waals surface area contributed by atoms with E-state index >= 15 is 0 Å².